The van der Waals surface area contributed by atoms with Crippen LogP contribution in [0.4, 0.5) is 0 Å². The third kappa shape index (κ3) is 2.29. The smallest absolute Gasteiger partial charge is 0.297 e. The quantitative estimate of drug-likeness (QED) is 0.500. The number of ether oxygens (including phenoxy) is 1. The first kappa shape index (κ1) is 10.4. The minimum atomic E-state index is 0.594. The van der Waals surface area contributed by atoms with Crippen molar-refractivity contribution in [2.75, 3.05) is 26.3 Å². The zero-order valence-electron chi connectivity index (χ0n) is 8.32. The highest BCUT2D eigenvalue weighted by atomic mass is 35.5. The molecule has 4 nitrogen and oxygen atoms in total. The van der Waals surface area contributed by atoms with E-state index in [1.807, 2.05) is 6.08 Å². The molecule has 80 valence electrons. The molecule has 5 heteroatoms. The van der Waals surface area contributed by atoms with Gasteiger partial charge in [0.15, 0.2) is 0 Å². The summed E-state index contributed by atoms with van der Waals surface area (Å²) < 4.78 is 5.27. The first-order valence-electron chi connectivity index (χ1n) is 4.92. The second-order valence-corrected chi connectivity index (χ2v) is 3.88. The highest BCUT2D eigenvalue weighted by Gasteiger charge is 2.21. The van der Waals surface area contributed by atoms with Crippen LogP contribution < -0.4 is 0 Å². The Morgan fingerprint density at radius 2 is 2.13 bits per heavy atom. The van der Waals surface area contributed by atoms with Crippen LogP contribution in [0.5, 0.6) is 0 Å². The minimum absolute atomic E-state index is 0.594. The Bertz CT molecular complexity index is 363. The predicted octanol–water partition coefficient (Wildman–Crippen LogP) is 1.40. The molecule has 0 amide bonds. The van der Waals surface area contributed by atoms with Crippen molar-refractivity contribution < 1.29 is 9.53 Å². The molecule has 2 rings (SSSR count). The van der Waals surface area contributed by atoms with E-state index in [2.05, 4.69) is 9.69 Å². The molecule has 0 aromatic carbocycles. The van der Waals surface area contributed by atoms with Crippen molar-refractivity contribution in [3.8, 4) is 0 Å². The fourth-order valence-corrected chi connectivity index (χ4v) is 2.05. The van der Waals surface area contributed by atoms with E-state index >= 15 is 0 Å². The van der Waals surface area contributed by atoms with E-state index in [4.69, 9.17) is 21.9 Å². The summed E-state index contributed by atoms with van der Waals surface area (Å²) in [7, 11) is 0. The normalized spacial score (nSPS) is 21.9. The van der Waals surface area contributed by atoms with E-state index in [0.29, 0.717) is 17.2 Å². The van der Waals surface area contributed by atoms with Gasteiger partial charge in [0.1, 0.15) is 0 Å². The predicted molar refractivity (Wildman–Crippen MR) is 57.7 cm³/mol. The Balaban J connectivity index is 2.13. The summed E-state index contributed by atoms with van der Waals surface area (Å²) in [6.45, 7) is 3.20. The standard InChI is InChI=1S/C10H12ClN3O/c11-9-7-8(13-12)1-2-10(9)14-3-5-15-6-4-14/h2,7H,1,3-6H2. The van der Waals surface area contributed by atoms with Gasteiger partial charge in [-0.25, -0.2) is 0 Å². The molecule has 0 spiro atoms. The molecule has 0 atom stereocenters. The van der Waals surface area contributed by atoms with Crippen LogP contribution in [-0.2, 0) is 4.74 Å². The molecular formula is C10H12ClN3O. The lowest BCUT2D eigenvalue weighted by atomic mass is 10.1. The molecule has 0 bridgehead atoms. The van der Waals surface area contributed by atoms with Crippen LogP contribution in [0, 0.1) is 0 Å². The van der Waals surface area contributed by atoms with E-state index in [-0.39, 0.29) is 0 Å². The average Bonchev–Trinajstić information content (AvgIpc) is 2.30. The van der Waals surface area contributed by atoms with Crippen molar-refractivity contribution in [3.05, 3.63) is 28.4 Å². The van der Waals surface area contributed by atoms with E-state index in [0.717, 1.165) is 32.0 Å². The van der Waals surface area contributed by atoms with E-state index < -0.39 is 0 Å². The number of hydrogen-bond acceptors (Lipinski definition) is 2. The zero-order chi connectivity index (χ0) is 10.7. The monoisotopic (exact) mass is 225 g/mol. The van der Waals surface area contributed by atoms with Crippen molar-refractivity contribution >= 4 is 17.3 Å². The molecule has 2 aliphatic rings. The summed E-state index contributed by atoms with van der Waals surface area (Å²) in [6, 6.07) is 0. The fraction of sp³-hybridized carbons (Fsp3) is 0.500. The number of nitrogens with zero attached hydrogens (tertiary/aromatic N) is 3. The Labute approximate surface area is 93.4 Å². The fourth-order valence-electron chi connectivity index (χ4n) is 1.73. The molecule has 0 radical (unpaired) electrons. The van der Waals surface area contributed by atoms with Gasteiger partial charge in [-0.05, 0) is 6.08 Å². The van der Waals surface area contributed by atoms with E-state index in [9.17, 15) is 0 Å². The number of halogens is 1. The molecular weight excluding hydrogens is 214 g/mol. The van der Waals surface area contributed by atoms with Crippen LogP contribution >= 0.6 is 11.6 Å². The van der Waals surface area contributed by atoms with Gasteiger partial charge in [-0.15, -0.1) is 0 Å². The molecule has 15 heavy (non-hydrogen) atoms. The maximum atomic E-state index is 8.63. The number of rotatable bonds is 1. The number of hydrogen-bond donors (Lipinski definition) is 0. The SMILES string of the molecule is [N-]=[N+]=C1C=C(Cl)C(N2CCOCC2)=CC1. The number of allylic oxidation sites excluding steroid dienone is 3. The highest BCUT2D eigenvalue weighted by molar-refractivity contribution is 6.33. The molecule has 1 aliphatic heterocycles. The molecule has 1 saturated heterocycles. The van der Waals surface area contributed by atoms with Crippen LogP contribution in [0.3, 0.4) is 0 Å². The largest absolute Gasteiger partial charge is 0.378 e. The zero-order valence-corrected chi connectivity index (χ0v) is 9.07. The van der Waals surface area contributed by atoms with E-state index in [1.165, 1.54) is 0 Å². The summed E-state index contributed by atoms with van der Waals surface area (Å²) in [4.78, 5) is 5.34. The van der Waals surface area contributed by atoms with E-state index in [1.54, 1.807) is 6.08 Å². The summed E-state index contributed by atoms with van der Waals surface area (Å²) in [5.41, 5.74) is 10.2. The maximum absolute atomic E-state index is 8.63. The molecule has 1 fully saturated rings. The van der Waals surface area contributed by atoms with Crippen molar-refractivity contribution in [1.29, 1.82) is 0 Å². The van der Waals surface area contributed by atoms with Gasteiger partial charge >= 0.3 is 0 Å². The summed E-state index contributed by atoms with van der Waals surface area (Å²) >= 11 is 6.11. The molecule has 0 aromatic heterocycles. The molecule has 0 unspecified atom stereocenters. The Kier molecular flexibility index (Phi) is 3.21. The lowest BCUT2D eigenvalue weighted by Gasteiger charge is -2.31. The third-order valence-electron chi connectivity index (χ3n) is 2.52. The van der Waals surface area contributed by atoms with Crippen LogP contribution in [-0.4, -0.2) is 41.7 Å². The van der Waals surface area contributed by atoms with Gasteiger partial charge in [-0.3, -0.25) is 0 Å². The van der Waals surface area contributed by atoms with Crippen LogP contribution in [0.25, 0.3) is 5.53 Å². The van der Waals surface area contributed by atoms with Gasteiger partial charge in [0.05, 0.1) is 30.4 Å². The van der Waals surface area contributed by atoms with Crippen molar-refractivity contribution in [2.45, 2.75) is 6.42 Å². The second-order valence-electron chi connectivity index (χ2n) is 3.48. The summed E-state index contributed by atoms with van der Waals surface area (Å²) in [5, 5.41) is 0.635. The Morgan fingerprint density at radius 1 is 1.40 bits per heavy atom. The topological polar surface area (TPSA) is 48.9 Å². The molecule has 1 heterocycles. The lowest BCUT2D eigenvalue weighted by molar-refractivity contribution is -0.00558. The highest BCUT2D eigenvalue weighted by Crippen LogP contribution is 2.24. The first-order chi connectivity index (χ1) is 7.31. The van der Waals surface area contributed by atoms with Crippen LogP contribution in [0.15, 0.2) is 22.9 Å². The number of morpholine rings is 1. The molecule has 0 aromatic rings. The van der Waals surface area contributed by atoms with Gasteiger partial charge in [-0.1, -0.05) is 11.6 Å². The Morgan fingerprint density at radius 3 is 2.73 bits per heavy atom. The maximum Gasteiger partial charge on any atom is 0.297 e. The van der Waals surface area contributed by atoms with Crippen LogP contribution in [0.1, 0.15) is 6.42 Å². The molecule has 1 aliphatic carbocycles. The second kappa shape index (κ2) is 4.62. The van der Waals surface area contributed by atoms with Gasteiger partial charge in [-0.2, -0.15) is 4.79 Å². The Hall–Kier alpha value is -1.09. The average molecular weight is 226 g/mol. The first-order valence-corrected chi connectivity index (χ1v) is 5.30. The third-order valence-corrected chi connectivity index (χ3v) is 2.83. The van der Waals surface area contributed by atoms with Gasteiger partial charge in [0.2, 0.25) is 0 Å². The molecule has 0 saturated carbocycles. The summed E-state index contributed by atoms with van der Waals surface area (Å²) in [6.07, 6.45) is 4.31. The van der Waals surface area contributed by atoms with Gasteiger partial charge in [0.25, 0.3) is 5.71 Å². The lowest BCUT2D eigenvalue weighted by Crippen LogP contribution is -2.36. The molecule has 0 N–H and O–H groups in total. The van der Waals surface area contributed by atoms with Crippen molar-refractivity contribution in [2.24, 2.45) is 0 Å². The van der Waals surface area contributed by atoms with Crippen LogP contribution in [0.2, 0.25) is 0 Å². The van der Waals surface area contributed by atoms with Crippen molar-refractivity contribution in [3.63, 3.8) is 0 Å². The van der Waals surface area contributed by atoms with Crippen molar-refractivity contribution in [1.82, 2.24) is 4.90 Å². The summed E-state index contributed by atoms with van der Waals surface area (Å²) in [5.74, 6) is 0. The minimum Gasteiger partial charge on any atom is -0.378 e. The van der Waals surface area contributed by atoms with Gasteiger partial charge in [0, 0.05) is 19.2 Å². The van der Waals surface area contributed by atoms with Gasteiger partial charge < -0.3 is 15.2 Å².